The van der Waals surface area contributed by atoms with Crippen LogP contribution in [-0.4, -0.2) is 38.1 Å². The first kappa shape index (κ1) is 25.7. The lowest BCUT2D eigenvalue weighted by Crippen LogP contribution is -2.47. The van der Waals surface area contributed by atoms with Crippen molar-refractivity contribution >= 4 is 15.7 Å². The summed E-state index contributed by atoms with van der Waals surface area (Å²) >= 11 is 0. The van der Waals surface area contributed by atoms with Gasteiger partial charge < -0.3 is 0 Å². The predicted octanol–water partition coefficient (Wildman–Crippen LogP) is 6.20. The minimum atomic E-state index is -3.28. The topological polar surface area (TPSA) is 62.1 Å². The van der Waals surface area contributed by atoms with Gasteiger partial charge in [-0.1, -0.05) is 40.3 Å². The molecular weight excluding hydrogens is 444 g/mol. The molecule has 0 aliphatic heterocycles. The summed E-state index contributed by atoms with van der Waals surface area (Å²) in [5.74, 6) is -1.41. The highest BCUT2D eigenvalue weighted by molar-refractivity contribution is 7.90. The molecule has 5 nitrogen and oxygen atoms in total. The van der Waals surface area contributed by atoms with Gasteiger partial charge in [0.1, 0.15) is 11.6 Å². The Kier molecular flexibility index (Phi) is 7.30. The van der Waals surface area contributed by atoms with Gasteiger partial charge in [0.15, 0.2) is 0 Å². The van der Waals surface area contributed by atoms with Crippen molar-refractivity contribution in [2.45, 2.75) is 58.6 Å². The lowest BCUT2D eigenvalue weighted by atomic mass is 9.64. The molecule has 0 aromatic heterocycles. The first-order chi connectivity index (χ1) is 15.4. The molecule has 1 aromatic carbocycles. The summed E-state index contributed by atoms with van der Waals surface area (Å²) in [7, 11) is -1.83. The van der Waals surface area contributed by atoms with Crippen molar-refractivity contribution in [1.82, 2.24) is 4.31 Å². The molecule has 2 atom stereocenters. The molecular formula is C25H35F2N3O2S. The molecule has 1 aromatic rings. The minimum Gasteiger partial charge on any atom is -0.212 e. The van der Waals surface area contributed by atoms with Crippen molar-refractivity contribution in [1.29, 1.82) is 0 Å². The van der Waals surface area contributed by atoms with E-state index < -0.39 is 21.7 Å². The maximum atomic E-state index is 14.4. The van der Waals surface area contributed by atoms with Crippen LogP contribution in [0.15, 0.2) is 46.7 Å². The van der Waals surface area contributed by atoms with E-state index in [4.69, 9.17) is 0 Å². The van der Waals surface area contributed by atoms with Crippen LogP contribution in [0.3, 0.4) is 0 Å². The Morgan fingerprint density at radius 2 is 1.82 bits per heavy atom. The van der Waals surface area contributed by atoms with Crippen LogP contribution in [0.25, 0.3) is 5.70 Å². The van der Waals surface area contributed by atoms with Gasteiger partial charge >= 0.3 is 0 Å². The number of rotatable bonds is 9. The van der Waals surface area contributed by atoms with Gasteiger partial charge in [-0.05, 0) is 66.2 Å². The molecule has 8 heteroatoms. The smallest absolute Gasteiger partial charge is 0.212 e. The van der Waals surface area contributed by atoms with E-state index in [1.807, 2.05) is 6.92 Å². The molecule has 2 saturated carbocycles. The van der Waals surface area contributed by atoms with E-state index in [9.17, 15) is 17.2 Å². The van der Waals surface area contributed by atoms with Gasteiger partial charge in [0, 0.05) is 20.1 Å². The van der Waals surface area contributed by atoms with Crippen molar-refractivity contribution in [3.8, 4) is 0 Å². The van der Waals surface area contributed by atoms with Crippen LogP contribution in [-0.2, 0) is 10.0 Å². The maximum absolute atomic E-state index is 14.4. The second-order valence-electron chi connectivity index (χ2n) is 10.0. The molecule has 0 spiro atoms. The fourth-order valence-electron chi connectivity index (χ4n) is 5.12. The van der Waals surface area contributed by atoms with Gasteiger partial charge in [0.2, 0.25) is 10.0 Å². The Morgan fingerprint density at radius 3 is 2.33 bits per heavy atom. The monoisotopic (exact) mass is 479 g/mol. The quantitative estimate of drug-likeness (QED) is 0.313. The maximum Gasteiger partial charge on any atom is 0.216 e. The molecule has 0 saturated heterocycles. The second-order valence-corrected chi connectivity index (χ2v) is 12.3. The van der Waals surface area contributed by atoms with Crippen LogP contribution < -0.4 is 0 Å². The molecule has 0 heterocycles. The van der Waals surface area contributed by atoms with E-state index in [1.165, 1.54) is 25.2 Å². The Morgan fingerprint density at radius 1 is 1.21 bits per heavy atom. The number of halogens is 2. The minimum absolute atomic E-state index is 0.00160. The summed E-state index contributed by atoms with van der Waals surface area (Å²) in [5.41, 5.74) is 0.00334. The largest absolute Gasteiger partial charge is 0.216 e. The zero-order valence-electron chi connectivity index (χ0n) is 20.2. The van der Waals surface area contributed by atoms with Crippen molar-refractivity contribution in [3.05, 3.63) is 53.6 Å². The normalized spacial score (nSPS) is 25.8. The lowest BCUT2D eigenvalue weighted by molar-refractivity contribution is 0.0802. The molecule has 2 fully saturated rings. The third-order valence-electron chi connectivity index (χ3n) is 7.79. The fourth-order valence-corrected chi connectivity index (χ4v) is 7.10. The Bertz CT molecular complexity index is 1060. The van der Waals surface area contributed by atoms with E-state index in [2.05, 4.69) is 37.6 Å². The number of nitrogens with zero attached hydrogens (tertiary/aromatic N) is 3. The van der Waals surface area contributed by atoms with Crippen LogP contribution in [0.4, 0.5) is 8.78 Å². The summed E-state index contributed by atoms with van der Waals surface area (Å²) in [6.07, 6.45) is 4.73. The van der Waals surface area contributed by atoms with Crippen molar-refractivity contribution < 1.29 is 17.2 Å². The van der Waals surface area contributed by atoms with E-state index >= 15 is 0 Å². The molecule has 2 aliphatic carbocycles. The first-order valence-corrected chi connectivity index (χ1v) is 13.0. The van der Waals surface area contributed by atoms with Gasteiger partial charge in [-0.15, -0.1) is 0 Å². The average molecular weight is 480 g/mol. The molecule has 0 radical (unpaired) electrons. The summed E-state index contributed by atoms with van der Waals surface area (Å²) in [6, 6.07) is 3.69. The van der Waals surface area contributed by atoms with Crippen LogP contribution in [0.1, 0.15) is 58.9 Å². The van der Waals surface area contributed by atoms with Gasteiger partial charge in [-0.2, -0.15) is 10.2 Å². The summed E-state index contributed by atoms with van der Waals surface area (Å²) in [5, 5.41) is 7.50. The second kappa shape index (κ2) is 9.37. The molecule has 2 aliphatic rings. The number of benzene rings is 1. The SMILES string of the molecule is C=C(/C=C(\N=NC)c1c(F)cccc1F)C1CCC(C)(CN(CC)S(=O)(=O)C2CC2)C1(C)C. The van der Waals surface area contributed by atoms with Crippen LogP contribution in [0.5, 0.6) is 0 Å². The number of azo groups is 1. The molecule has 182 valence electrons. The van der Waals surface area contributed by atoms with Gasteiger partial charge in [0.25, 0.3) is 0 Å². The third-order valence-corrected chi connectivity index (χ3v) is 10.2. The Hall–Kier alpha value is -1.93. The predicted molar refractivity (Wildman–Crippen MR) is 128 cm³/mol. The Labute approximate surface area is 196 Å². The molecule has 0 amide bonds. The van der Waals surface area contributed by atoms with E-state index in [1.54, 1.807) is 10.4 Å². The number of allylic oxidation sites excluding steroid dienone is 2. The van der Waals surface area contributed by atoms with Crippen LogP contribution >= 0.6 is 0 Å². The number of sulfonamides is 1. The number of hydrogen-bond acceptors (Lipinski definition) is 4. The van der Waals surface area contributed by atoms with Gasteiger partial charge in [-0.3, -0.25) is 0 Å². The van der Waals surface area contributed by atoms with Crippen molar-refractivity contribution in [2.75, 3.05) is 20.1 Å². The highest BCUT2D eigenvalue weighted by Gasteiger charge is 2.54. The third kappa shape index (κ3) is 4.83. The zero-order chi connectivity index (χ0) is 24.6. The van der Waals surface area contributed by atoms with E-state index in [0.717, 1.165) is 25.7 Å². The van der Waals surface area contributed by atoms with Gasteiger partial charge in [0.05, 0.1) is 16.5 Å². The van der Waals surface area contributed by atoms with E-state index in [0.29, 0.717) is 18.7 Å². The standard InChI is InChI=1S/C25H35F2N3O2S/c1-7-30(33(31,32)18-11-12-18)16-25(5)14-13-19(24(25,3)4)17(2)15-22(29-28-6)23-20(26)9-8-10-21(23)27/h8-10,15,18-19H,2,7,11-14,16H2,1,3-6H3/b22-15-,29-28?. The molecule has 2 unspecified atom stereocenters. The molecule has 3 rings (SSSR count). The highest BCUT2D eigenvalue weighted by Crippen LogP contribution is 2.59. The zero-order valence-corrected chi connectivity index (χ0v) is 21.1. The number of hydrogen-bond donors (Lipinski definition) is 0. The van der Waals surface area contributed by atoms with Crippen molar-refractivity contribution in [3.63, 3.8) is 0 Å². The van der Waals surface area contributed by atoms with Crippen LogP contribution in [0.2, 0.25) is 0 Å². The first-order valence-electron chi connectivity index (χ1n) is 11.5. The van der Waals surface area contributed by atoms with Crippen molar-refractivity contribution in [2.24, 2.45) is 27.0 Å². The van der Waals surface area contributed by atoms with Gasteiger partial charge in [-0.25, -0.2) is 21.5 Å². The van der Waals surface area contributed by atoms with Crippen LogP contribution in [0, 0.1) is 28.4 Å². The molecule has 0 N–H and O–H groups in total. The summed E-state index contributed by atoms with van der Waals surface area (Å²) in [6.45, 7) is 13.4. The molecule has 0 bridgehead atoms. The average Bonchev–Trinajstić information content (AvgIpc) is 3.54. The highest BCUT2D eigenvalue weighted by atomic mass is 32.2. The summed E-state index contributed by atoms with van der Waals surface area (Å²) in [4.78, 5) is 0. The molecule has 33 heavy (non-hydrogen) atoms. The summed E-state index contributed by atoms with van der Waals surface area (Å²) < 4.78 is 56.3. The lowest BCUT2D eigenvalue weighted by Gasteiger charge is -2.44. The Balaban J connectivity index is 1.90. The van der Waals surface area contributed by atoms with E-state index in [-0.39, 0.29) is 33.3 Å². The fraction of sp³-hybridized carbons (Fsp3) is 0.600.